The van der Waals surface area contributed by atoms with Gasteiger partial charge in [-0.05, 0) is 44.6 Å². The van der Waals surface area contributed by atoms with Gasteiger partial charge in [-0.1, -0.05) is 0 Å². The number of carbonyl (C=O) groups is 1. The molecule has 2 unspecified atom stereocenters. The van der Waals surface area contributed by atoms with Crippen LogP contribution in [0, 0.1) is 5.92 Å². The molecule has 2 aliphatic heterocycles. The van der Waals surface area contributed by atoms with Gasteiger partial charge in [-0.25, -0.2) is 12.7 Å². The summed E-state index contributed by atoms with van der Waals surface area (Å²) in [4.78, 5) is 12.0. The van der Waals surface area contributed by atoms with Gasteiger partial charge < -0.3 is 15.4 Å². The SMILES string of the molecule is COCCCS(=O)(=O)N1CCCC(CNC(=O)C2CCCN2)C1. The van der Waals surface area contributed by atoms with Crippen LogP contribution in [0.2, 0.25) is 0 Å². The van der Waals surface area contributed by atoms with Crippen LogP contribution in [0.4, 0.5) is 0 Å². The van der Waals surface area contributed by atoms with E-state index < -0.39 is 10.0 Å². The Labute approximate surface area is 139 Å². The van der Waals surface area contributed by atoms with Crippen molar-refractivity contribution in [1.29, 1.82) is 0 Å². The van der Waals surface area contributed by atoms with Gasteiger partial charge in [-0.15, -0.1) is 0 Å². The smallest absolute Gasteiger partial charge is 0.237 e. The summed E-state index contributed by atoms with van der Waals surface area (Å²) < 4.78 is 31.2. The fourth-order valence-electron chi connectivity index (χ4n) is 3.24. The molecule has 0 aromatic heterocycles. The number of carbonyl (C=O) groups excluding carboxylic acids is 1. The fraction of sp³-hybridized carbons (Fsp3) is 0.933. The minimum atomic E-state index is -3.21. The maximum atomic E-state index is 12.3. The predicted octanol–water partition coefficient (Wildman–Crippen LogP) is -0.0671. The van der Waals surface area contributed by atoms with Crippen molar-refractivity contribution in [2.24, 2.45) is 5.92 Å². The van der Waals surface area contributed by atoms with Gasteiger partial charge in [0.15, 0.2) is 0 Å². The van der Waals surface area contributed by atoms with Crippen molar-refractivity contribution in [3.8, 4) is 0 Å². The van der Waals surface area contributed by atoms with Gasteiger partial charge in [-0.2, -0.15) is 0 Å². The first-order chi connectivity index (χ1) is 11.0. The molecule has 2 rings (SSSR count). The van der Waals surface area contributed by atoms with E-state index in [1.807, 2.05) is 0 Å². The number of sulfonamides is 1. The zero-order chi connectivity index (χ0) is 16.7. The zero-order valence-corrected chi connectivity index (χ0v) is 14.7. The van der Waals surface area contributed by atoms with Crippen molar-refractivity contribution in [2.75, 3.05) is 45.6 Å². The molecule has 7 nitrogen and oxygen atoms in total. The number of piperidine rings is 1. The Kier molecular flexibility index (Phi) is 7.26. The Hall–Kier alpha value is -0.700. The van der Waals surface area contributed by atoms with Gasteiger partial charge in [0.2, 0.25) is 15.9 Å². The second-order valence-electron chi connectivity index (χ2n) is 6.42. The van der Waals surface area contributed by atoms with Crippen molar-refractivity contribution >= 4 is 15.9 Å². The first kappa shape index (κ1) is 18.6. The van der Waals surface area contributed by atoms with E-state index in [2.05, 4.69) is 10.6 Å². The topological polar surface area (TPSA) is 87.7 Å². The maximum absolute atomic E-state index is 12.3. The third-order valence-corrected chi connectivity index (χ3v) is 6.49. The van der Waals surface area contributed by atoms with Gasteiger partial charge in [0.05, 0.1) is 11.8 Å². The Bertz CT molecular complexity index is 477. The molecule has 2 heterocycles. The van der Waals surface area contributed by atoms with Crippen LogP contribution < -0.4 is 10.6 Å². The van der Waals surface area contributed by atoms with E-state index in [1.165, 1.54) is 0 Å². The van der Waals surface area contributed by atoms with Crippen molar-refractivity contribution in [3.05, 3.63) is 0 Å². The highest BCUT2D eigenvalue weighted by Gasteiger charge is 2.29. The van der Waals surface area contributed by atoms with Gasteiger partial charge in [-0.3, -0.25) is 4.79 Å². The number of rotatable bonds is 8. The first-order valence-electron chi connectivity index (χ1n) is 8.51. The molecule has 0 saturated carbocycles. The highest BCUT2D eigenvalue weighted by molar-refractivity contribution is 7.89. The molecular formula is C15H29N3O4S. The van der Waals surface area contributed by atoms with Crippen LogP contribution in [0.5, 0.6) is 0 Å². The molecular weight excluding hydrogens is 318 g/mol. The number of nitrogens with zero attached hydrogens (tertiary/aromatic N) is 1. The number of amides is 1. The highest BCUT2D eigenvalue weighted by Crippen LogP contribution is 2.19. The average Bonchev–Trinajstić information content (AvgIpc) is 3.07. The summed E-state index contributed by atoms with van der Waals surface area (Å²) in [5, 5.41) is 6.15. The van der Waals surface area contributed by atoms with Gasteiger partial charge in [0.1, 0.15) is 0 Å². The van der Waals surface area contributed by atoms with Gasteiger partial charge >= 0.3 is 0 Å². The Morgan fingerprint density at radius 2 is 2.17 bits per heavy atom. The molecule has 8 heteroatoms. The van der Waals surface area contributed by atoms with Crippen LogP contribution >= 0.6 is 0 Å². The van der Waals surface area contributed by atoms with Crippen molar-refractivity contribution < 1.29 is 17.9 Å². The lowest BCUT2D eigenvalue weighted by atomic mass is 9.99. The number of hydrogen-bond donors (Lipinski definition) is 2. The third-order valence-electron chi connectivity index (χ3n) is 4.57. The molecule has 0 aliphatic carbocycles. The second kappa shape index (κ2) is 8.96. The Morgan fingerprint density at radius 3 is 2.87 bits per heavy atom. The molecule has 0 radical (unpaired) electrons. The summed E-state index contributed by atoms with van der Waals surface area (Å²) in [5.41, 5.74) is 0. The van der Waals surface area contributed by atoms with Crippen molar-refractivity contribution in [2.45, 2.75) is 38.1 Å². The van der Waals surface area contributed by atoms with E-state index in [1.54, 1.807) is 11.4 Å². The molecule has 1 amide bonds. The van der Waals surface area contributed by atoms with E-state index in [0.717, 1.165) is 32.2 Å². The van der Waals surface area contributed by atoms with E-state index in [-0.39, 0.29) is 23.6 Å². The van der Waals surface area contributed by atoms with Gasteiger partial charge in [0, 0.05) is 33.4 Å². The number of hydrogen-bond acceptors (Lipinski definition) is 5. The Balaban J connectivity index is 1.77. The molecule has 2 N–H and O–H groups in total. The quantitative estimate of drug-likeness (QED) is 0.600. The molecule has 2 aliphatic rings. The van der Waals surface area contributed by atoms with Crippen LogP contribution in [0.15, 0.2) is 0 Å². The summed E-state index contributed by atoms with van der Waals surface area (Å²) in [7, 11) is -1.64. The normalized spacial score (nSPS) is 26.3. The minimum absolute atomic E-state index is 0.0441. The zero-order valence-electron chi connectivity index (χ0n) is 13.9. The highest BCUT2D eigenvalue weighted by atomic mass is 32.2. The van der Waals surface area contributed by atoms with Crippen LogP contribution in [-0.2, 0) is 19.6 Å². The summed E-state index contributed by atoms with van der Waals surface area (Å²) in [5.74, 6) is 0.375. The standard InChI is InChI=1S/C15H29N3O4S/c1-22-9-4-10-23(20,21)18-8-3-5-13(12-18)11-17-15(19)14-6-2-7-16-14/h13-14,16H,2-12H2,1H3,(H,17,19). The number of methoxy groups -OCH3 is 1. The molecule has 2 fully saturated rings. The van der Waals surface area contributed by atoms with Crippen molar-refractivity contribution in [1.82, 2.24) is 14.9 Å². The monoisotopic (exact) mass is 347 g/mol. The van der Waals surface area contributed by atoms with E-state index >= 15 is 0 Å². The number of nitrogens with one attached hydrogen (secondary N) is 2. The summed E-state index contributed by atoms with van der Waals surface area (Å²) in [6, 6.07) is -0.0764. The lowest BCUT2D eigenvalue weighted by Crippen LogP contribution is -2.47. The molecule has 0 aromatic rings. The second-order valence-corrected chi connectivity index (χ2v) is 8.51. The Morgan fingerprint density at radius 1 is 1.35 bits per heavy atom. The lowest BCUT2D eigenvalue weighted by molar-refractivity contribution is -0.123. The largest absolute Gasteiger partial charge is 0.385 e. The van der Waals surface area contributed by atoms with Crippen molar-refractivity contribution in [3.63, 3.8) is 0 Å². The number of ether oxygens (including phenoxy) is 1. The summed E-state index contributed by atoms with van der Waals surface area (Å²) in [6.07, 6.45) is 4.25. The summed E-state index contributed by atoms with van der Waals surface area (Å²) in [6.45, 7) is 3.01. The first-order valence-corrected chi connectivity index (χ1v) is 10.1. The fourth-order valence-corrected chi connectivity index (χ4v) is 4.82. The average molecular weight is 347 g/mol. The van der Waals surface area contributed by atoms with E-state index in [9.17, 15) is 13.2 Å². The third kappa shape index (κ3) is 5.70. The maximum Gasteiger partial charge on any atom is 0.237 e. The molecule has 0 aromatic carbocycles. The van der Waals surface area contributed by atoms with E-state index in [0.29, 0.717) is 32.7 Å². The minimum Gasteiger partial charge on any atom is -0.385 e. The molecule has 23 heavy (non-hydrogen) atoms. The van der Waals surface area contributed by atoms with Gasteiger partial charge in [0.25, 0.3) is 0 Å². The molecule has 0 bridgehead atoms. The van der Waals surface area contributed by atoms with Crippen LogP contribution in [0.3, 0.4) is 0 Å². The lowest BCUT2D eigenvalue weighted by Gasteiger charge is -2.32. The van der Waals surface area contributed by atoms with Crippen LogP contribution in [0.25, 0.3) is 0 Å². The van der Waals surface area contributed by atoms with Crippen LogP contribution in [-0.4, -0.2) is 70.3 Å². The molecule has 2 atom stereocenters. The van der Waals surface area contributed by atoms with E-state index in [4.69, 9.17) is 4.74 Å². The van der Waals surface area contributed by atoms with Crippen LogP contribution in [0.1, 0.15) is 32.1 Å². The molecule has 2 saturated heterocycles. The molecule has 134 valence electrons. The molecule has 0 spiro atoms. The predicted molar refractivity (Wildman–Crippen MR) is 88.6 cm³/mol. The summed E-state index contributed by atoms with van der Waals surface area (Å²) >= 11 is 0.